The number of aryl methyl sites for hydroxylation is 2. The second-order valence-corrected chi connectivity index (χ2v) is 19.2. The third-order valence-electron chi connectivity index (χ3n) is 12.5. The summed E-state index contributed by atoms with van der Waals surface area (Å²) >= 11 is 0. The van der Waals surface area contributed by atoms with Gasteiger partial charge in [-0.05, 0) is 154 Å². The molecule has 0 N–H and O–H groups in total. The fourth-order valence-corrected chi connectivity index (χ4v) is 10.7. The molecule has 0 amide bonds. The van der Waals surface area contributed by atoms with Crippen molar-refractivity contribution in [3.8, 4) is 68.6 Å². The third-order valence-corrected chi connectivity index (χ3v) is 14.5. The Hall–Kier alpha value is -9.08. The van der Waals surface area contributed by atoms with Gasteiger partial charge < -0.3 is 46.1 Å². The molecule has 0 bridgehead atoms. The summed E-state index contributed by atoms with van der Waals surface area (Å²) < 4.78 is 64.9. The minimum Gasteiger partial charge on any atom is -0.493 e. The highest BCUT2D eigenvalue weighted by molar-refractivity contribution is 7.43. The molecule has 12 nitrogen and oxygen atoms in total. The molecule has 8 rings (SSSR count). The van der Waals surface area contributed by atoms with Gasteiger partial charge in [-0.1, -0.05) is 112 Å². The molecule has 14 heteroatoms. The summed E-state index contributed by atoms with van der Waals surface area (Å²) in [7, 11) is 1.13. The first-order valence-corrected chi connectivity index (χ1v) is 26.4. The molecule has 0 unspecified atom stereocenters. The average Bonchev–Trinajstić information content (AvgIpc) is 3.66. The van der Waals surface area contributed by atoms with E-state index in [1.54, 1.807) is 97.1 Å². The highest BCUT2D eigenvalue weighted by Gasteiger charge is 2.33. The van der Waals surface area contributed by atoms with E-state index in [1.807, 2.05) is 62.4 Å². The quantitative estimate of drug-likeness (QED) is 0.0307. The second kappa shape index (κ2) is 24.7. The molecule has 394 valence electrons. The number of ether oxygens (including phenoxy) is 4. The first-order chi connectivity index (χ1) is 37.8. The van der Waals surface area contributed by atoms with Gasteiger partial charge in [0, 0.05) is 22.3 Å². The summed E-state index contributed by atoms with van der Waals surface area (Å²) in [4.78, 5) is 26.6. The number of allylic oxidation sites excluding steroid dienone is 2. The summed E-state index contributed by atoms with van der Waals surface area (Å²) in [5.41, 5.74) is 6.18. The van der Waals surface area contributed by atoms with Crippen molar-refractivity contribution < 1.29 is 55.7 Å². The number of hydrogen-bond acceptors (Lipinski definition) is 12. The van der Waals surface area contributed by atoms with Crippen LogP contribution in [0.3, 0.4) is 0 Å². The summed E-state index contributed by atoms with van der Waals surface area (Å²) in [6, 6.07) is 36.0. The van der Waals surface area contributed by atoms with E-state index in [-0.39, 0.29) is 11.6 Å². The van der Waals surface area contributed by atoms with E-state index in [1.165, 1.54) is 40.6 Å². The van der Waals surface area contributed by atoms with Crippen molar-refractivity contribution in [2.24, 2.45) is 0 Å². The fraction of sp³-hybridized carbons (Fsp3) is 0.0938. The van der Waals surface area contributed by atoms with Crippen LogP contribution in [-0.2, 0) is 0 Å². The lowest BCUT2D eigenvalue weighted by molar-refractivity contribution is 0.103. The summed E-state index contributed by atoms with van der Waals surface area (Å²) in [5, 5.41) is 2.60. The van der Waals surface area contributed by atoms with E-state index in [9.17, 15) is 9.59 Å². The van der Waals surface area contributed by atoms with Crippen LogP contribution in [0.4, 0.5) is 0 Å². The molecule has 0 aliphatic heterocycles. The summed E-state index contributed by atoms with van der Waals surface area (Å²) in [6.07, 6.45) is 9.32. The molecule has 0 saturated heterocycles. The number of hydrogen-bond donors (Lipinski definition) is 0. The van der Waals surface area contributed by atoms with Gasteiger partial charge in [-0.2, -0.15) is 0 Å². The maximum Gasteiger partial charge on any atom is 0.530 e. The van der Waals surface area contributed by atoms with Gasteiger partial charge in [-0.3, -0.25) is 9.59 Å². The molecule has 0 fully saturated rings. The van der Waals surface area contributed by atoms with Gasteiger partial charge in [0.25, 0.3) is 0 Å². The predicted molar refractivity (Wildman–Crippen MR) is 315 cm³/mol. The number of carbonyl (C=O) groups is 2. The standard InChI is InChI=1S/C64H56O12P2/c1-13-41-19-27-53(57(33-41)67-9)71-77(72-54-28-20-42(14-2)34-58(54)68-10)75-63-39(7)31-47-37-45(51(65)17-5)23-25-49(47)61(63)62-50-26-24-46(52(66)18-6)38-48(50)32-40(8)64(62)76-78(73-55-29-21-43(15-3)35-59(55)69-11)74-56-30-22-44(16-4)36-60(56)70-12/h13-38H,1-6H2,7-12H3. The highest BCUT2D eigenvalue weighted by Crippen LogP contribution is 2.57. The van der Waals surface area contributed by atoms with Crippen LogP contribution in [0.15, 0.2) is 173 Å². The van der Waals surface area contributed by atoms with Crippen LogP contribution in [0.2, 0.25) is 0 Å². The van der Waals surface area contributed by atoms with Gasteiger partial charge in [0.05, 0.1) is 28.4 Å². The van der Waals surface area contributed by atoms with Crippen molar-refractivity contribution >= 4 is 74.6 Å². The number of methoxy groups -OCH3 is 4. The Labute approximate surface area is 456 Å². The van der Waals surface area contributed by atoms with Crippen LogP contribution in [0.5, 0.6) is 57.5 Å². The van der Waals surface area contributed by atoms with Crippen LogP contribution in [0.1, 0.15) is 54.1 Å². The second-order valence-electron chi connectivity index (χ2n) is 17.3. The molecular weight excluding hydrogens is 1020 g/mol. The molecule has 0 aliphatic rings. The van der Waals surface area contributed by atoms with Crippen LogP contribution < -0.4 is 46.1 Å². The maximum atomic E-state index is 13.3. The first kappa shape index (κ1) is 55.2. The number of fused-ring (bicyclic) bond motifs is 2. The molecule has 0 heterocycles. The normalized spacial score (nSPS) is 10.8. The van der Waals surface area contributed by atoms with E-state index in [0.717, 1.165) is 22.3 Å². The molecule has 0 aromatic heterocycles. The number of carbonyl (C=O) groups excluding carboxylic acids is 2. The Balaban J connectivity index is 1.44. The predicted octanol–water partition coefficient (Wildman–Crippen LogP) is 17.1. The van der Waals surface area contributed by atoms with E-state index in [2.05, 4.69) is 39.5 Å². The fourth-order valence-electron chi connectivity index (χ4n) is 8.46. The van der Waals surface area contributed by atoms with Gasteiger partial charge in [-0.25, -0.2) is 0 Å². The lowest BCUT2D eigenvalue weighted by Crippen LogP contribution is -2.08. The molecular formula is C64H56O12P2. The zero-order chi connectivity index (χ0) is 55.6. The van der Waals surface area contributed by atoms with Crippen molar-refractivity contribution in [3.05, 3.63) is 217 Å². The van der Waals surface area contributed by atoms with Crippen LogP contribution in [0.25, 0.3) is 57.0 Å². The highest BCUT2D eigenvalue weighted by atomic mass is 31.2. The van der Waals surface area contributed by atoms with E-state index >= 15 is 0 Å². The first-order valence-electron chi connectivity index (χ1n) is 24.2. The number of benzene rings is 8. The molecule has 78 heavy (non-hydrogen) atoms. The van der Waals surface area contributed by atoms with Crippen molar-refractivity contribution in [1.29, 1.82) is 0 Å². The lowest BCUT2D eigenvalue weighted by atomic mass is 9.88. The topological polar surface area (TPSA) is 126 Å². The largest absolute Gasteiger partial charge is 0.530 e. The van der Waals surface area contributed by atoms with E-state index < -0.39 is 17.2 Å². The van der Waals surface area contributed by atoms with Gasteiger partial charge in [0.2, 0.25) is 0 Å². The Bertz CT molecular complexity index is 3330. The molecule has 0 aliphatic carbocycles. The summed E-state index contributed by atoms with van der Waals surface area (Å²) in [6.45, 7) is 27.0. The van der Waals surface area contributed by atoms with Crippen LogP contribution >= 0.6 is 17.2 Å². The molecule has 0 saturated carbocycles. The number of ketones is 2. The van der Waals surface area contributed by atoms with Crippen LogP contribution in [0, 0.1) is 13.8 Å². The van der Waals surface area contributed by atoms with E-state index in [0.29, 0.717) is 112 Å². The van der Waals surface area contributed by atoms with Crippen molar-refractivity contribution in [3.63, 3.8) is 0 Å². The van der Waals surface area contributed by atoms with Crippen molar-refractivity contribution in [2.45, 2.75) is 13.8 Å². The Kier molecular flexibility index (Phi) is 17.5. The molecule has 0 radical (unpaired) electrons. The molecule has 0 atom stereocenters. The van der Waals surface area contributed by atoms with Gasteiger partial charge in [-0.15, -0.1) is 0 Å². The number of rotatable bonds is 25. The van der Waals surface area contributed by atoms with Gasteiger partial charge in [0.15, 0.2) is 57.6 Å². The zero-order valence-electron chi connectivity index (χ0n) is 44.0. The molecule has 0 spiro atoms. The third kappa shape index (κ3) is 11.8. The smallest absolute Gasteiger partial charge is 0.493 e. The monoisotopic (exact) mass is 1080 g/mol. The molecule has 8 aromatic rings. The summed E-state index contributed by atoms with van der Waals surface area (Å²) in [5.74, 6) is 2.85. The minimum atomic E-state index is -2.50. The zero-order valence-corrected chi connectivity index (χ0v) is 45.8. The average molecular weight is 1080 g/mol. The van der Waals surface area contributed by atoms with Crippen molar-refractivity contribution in [2.75, 3.05) is 28.4 Å². The lowest BCUT2D eigenvalue weighted by Gasteiger charge is -2.26. The van der Waals surface area contributed by atoms with Gasteiger partial charge >= 0.3 is 17.2 Å². The van der Waals surface area contributed by atoms with Crippen LogP contribution in [-0.4, -0.2) is 40.0 Å². The Morgan fingerprint density at radius 1 is 0.372 bits per heavy atom. The Morgan fingerprint density at radius 2 is 0.667 bits per heavy atom. The van der Waals surface area contributed by atoms with Gasteiger partial charge in [0.1, 0.15) is 11.5 Å². The Morgan fingerprint density at radius 3 is 0.923 bits per heavy atom. The minimum absolute atomic E-state index is 0.271. The molecule has 8 aromatic carbocycles. The van der Waals surface area contributed by atoms with E-state index in [4.69, 9.17) is 46.1 Å². The maximum absolute atomic E-state index is 13.3. The van der Waals surface area contributed by atoms with Crippen molar-refractivity contribution in [1.82, 2.24) is 0 Å². The SMILES string of the molecule is C=CC(=O)c1ccc2c(-c3c(OP(Oc4ccc(C=C)cc4OC)Oc4ccc(C=C)cc4OC)c(C)cc4cc(C(=O)C=C)ccc34)c(OP(Oc3ccc(C=C)cc3OC)Oc3ccc(C=C)cc3OC)c(C)cc2c1.